The monoisotopic (exact) mass is 423 g/mol. The lowest BCUT2D eigenvalue weighted by atomic mass is 10.0. The second kappa shape index (κ2) is 9.24. The molecule has 31 heavy (non-hydrogen) atoms. The Bertz CT molecular complexity index is 1110. The van der Waals surface area contributed by atoms with Gasteiger partial charge in [0, 0.05) is 6.20 Å². The smallest absolute Gasteiger partial charge is 0.282 e. The molecule has 1 aromatic carbocycles. The molecule has 0 fully saturated rings. The SMILES string of the molecule is CC(C)CCCc1ccc2nc(CN3C(=O)C(=NOCCF)c4cccnc43)[nH]c2c1. The Morgan fingerprint density at radius 1 is 1.29 bits per heavy atom. The van der Waals surface area contributed by atoms with Gasteiger partial charge in [-0.25, -0.2) is 14.4 Å². The zero-order chi connectivity index (χ0) is 21.8. The topological polar surface area (TPSA) is 83.5 Å². The molecule has 1 amide bonds. The van der Waals surface area contributed by atoms with Gasteiger partial charge in [0.05, 0.1) is 23.1 Å². The lowest BCUT2D eigenvalue weighted by Crippen LogP contribution is -2.30. The second-order valence-corrected chi connectivity index (χ2v) is 8.05. The third kappa shape index (κ3) is 4.57. The lowest BCUT2D eigenvalue weighted by Gasteiger charge is -2.13. The Morgan fingerprint density at radius 3 is 2.97 bits per heavy atom. The number of hydrogen-bond donors (Lipinski definition) is 1. The highest BCUT2D eigenvalue weighted by Crippen LogP contribution is 2.28. The number of H-pyrrole nitrogens is 1. The molecule has 1 aliphatic rings. The number of benzene rings is 1. The molecular formula is C23H26FN5O2. The molecule has 0 unspecified atom stereocenters. The van der Waals surface area contributed by atoms with Crippen molar-refractivity contribution < 1.29 is 14.0 Å². The van der Waals surface area contributed by atoms with Gasteiger partial charge in [0.2, 0.25) is 0 Å². The Labute approximate surface area is 180 Å². The Balaban J connectivity index is 1.54. The molecule has 2 aromatic heterocycles. The molecule has 0 spiro atoms. The number of nitrogens with zero attached hydrogens (tertiary/aromatic N) is 4. The summed E-state index contributed by atoms with van der Waals surface area (Å²) >= 11 is 0. The van der Waals surface area contributed by atoms with Crippen molar-refractivity contribution in [2.45, 2.75) is 39.7 Å². The predicted octanol–water partition coefficient (Wildman–Crippen LogP) is 4.17. The van der Waals surface area contributed by atoms with E-state index in [4.69, 9.17) is 4.84 Å². The fourth-order valence-corrected chi connectivity index (χ4v) is 3.72. The van der Waals surface area contributed by atoms with Gasteiger partial charge < -0.3 is 9.82 Å². The number of nitrogens with one attached hydrogen (secondary N) is 1. The van der Waals surface area contributed by atoms with Crippen molar-refractivity contribution in [1.82, 2.24) is 15.0 Å². The number of carbonyl (C=O) groups is 1. The molecule has 0 saturated heterocycles. The van der Waals surface area contributed by atoms with Gasteiger partial charge in [0.15, 0.2) is 5.71 Å². The first-order valence-corrected chi connectivity index (χ1v) is 10.6. The Hall–Kier alpha value is -3.29. The fraction of sp³-hybridized carbons (Fsp3) is 0.391. The maximum Gasteiger partial charge on any atom is 0.282 e. The van der Waals surface area contributed by atoms with Crippen LogP contribution in [0.4, 0.5) is 10.2 Å². The first kappa shape index (κ1) is 21.0. The average molecular weight is 423 g/mol. The number of rotatable bonds is 9. The minimum atomic E-state index is -0.674. The summed E-state index contributed by atoms with van der Waals surface area (Å²) in [5.41, 5.74) is 3.77. The Kier molecular flexibility index (Phi) is 6.25. The summed E-state index contributed by atoms with van der Waals surface area (Å²) in [5.74, 6) is 1.50. The van der Waals surface area contributed by atoms with Crippen molar-refractivity contribution in [3.8, 4) is 0 Å². The molecule has 3 heterocycles. The number of halogens is 1. The van der Waals surface area contributed by atoms with Crippen molar-refractivity contribution in [3.05, 3.63) is 53.5 Å². The lowest BCUT2D eigenvalue weighted by molar-refractivity contribution is -0.112. The van der Waals surface area contributed by atoms with Crippen LogP contribution in [-0.4, -0.2) is 39.9 Å². The van der Waals surface area contributed by atoms with Crippen LogP contribution in [0.5, 0.6) is 0 Å². The van der Waals surface area contributed by atoms with Crippen LogP contribution >= 0.6 is 0 Å². The molecule has 0 aliphatic carbocycles. The van der Waals surface area contributed by atoms with Crippen LogP contribution in [0.15, 0.2) is 41.7 Å². The van der Waals surface area contributed by atoms with Crippen molar-refractivity contribution in [2.75, 3.05) is 18.2 Å². The van der Waals surface area contributed by atoms with Crippen molar-refractivity contribution >= 4 is 28.5 Å². The summed E-state index contributed by atoms with van der Waals surface area (Å²) in [6.07, 6.45) is 5.01. The number of carbonyl (C=O) groups excluding carboxylic acids is 1. The number of anilines is 1. The molecule has 0 saturated carbocycles. The van der Waals surface area contributed by atoms with E-state index < -0.39 is 6.67 Å². The number of aromatic amines is 1. The van der Waals surface area contributed by atoms with Gasteiger partial charge in [-0.1, -0.05) is 31.5 Å². The van der Waals surface area contributed by atoms with Gasteiger partial charge in [-0.2, -0.15) is 0 Å². The highest BCUT2D eigenvalue weighted by molar-refractivity contribution is 6.53. The third-order valence-electron chi connectivity index (χ3n) is 5.22. The van der Waals surface area contributed by atoms with E-state index in [0.717, 1.165) is 23.9 Å². The van der Waals surface area contributed by atoms with Crippen LogP contribution in [0.25, 0.3) is 11.0 Å². The molecule has 0 atom stereocenters. The normalized spacial score (nSPS) is 14.8. The molecule has 1 N–H and O–H groups in total. The van der Waals surface area contributed by atoms with Gasteiger partial charge in [-0.3, -0.25) is 9.69 Å². The van der Waals surface area contributed by atoms with E-state index in [1.807, 2.05) is 6.07 Å². The van der Waals surface area contributed by atoms with Gasteiger partial charge in [-0.15, -0.1) is 0 Å². The minimum Gasteiger partial charge on any atom is -0.392 e. The first-order valence-electron chi connectivity index (χ1n) is 10.6. The highest BCUT2D eigenvalue weighted by Gasteiger charge is 2.36. The van der Waals surface area contributed by atoms with E-state index in [9.17, 15) is 9.18 Å². The van der Waals surface area contributed by atoms with Crippen LogP contribution in [0.2, 0.25) is 0 Å². The third-order valence-corrected chi connectivity index (χ3v) is 5.22. The molecular weight excluding hydrogens is 397 g/mol. The number of aromatic nitrogens is 3. The summed E-state index contributed by atoms with van der Waals surface area (Å²) in [6, 6.07) is 9.72. The maximum atomic E-state index is 12.9. The molecule has 4 rings (SSSR count). The zero-order valence-electron chi connectivity index (χ0n) is 17.8. The quantitative estimate of drug-likeness (QED) is 0.414. The standard InChI is InChI=1S/C23H26FN5O2/c1-15(2)5-3-6-16-8-9-18-19(13-16)27-20(26-18)14-29-22-17(7-4-11-25-22)21(23(29)30)28-31-12-10-24/h4,7-9,11,13,15H,3,5-6,10,12,14H2,1-2H3,(H,26,27). The molecule has 3 aromatic rings. The van der Waals surface area contributed by atoms with Gasteiger partial charge in [0.25, 0.3) is 5.91 Å². The number of fused-ring (bicyclic) bond motifs is 2. The van der Waals surface area contributed by atoms with Crippen molar-refractivity contribution in [2.24, 2.45) is 11.1 Å². The van der Waals surface area contributed by atoms with E-state index in [0.29, 0.717) is 23.1 Å². The maximum absolute atomic E-state index is 12.9. The van der Waals surface area contributed by atoms with Crippen LogP contribution in [0.1, 0.15) is 43.6 Å². The van der Waals surface area contributed by atoms with Gasteiger partial charge >= 0.3 is 0 Å². The number of hydrogen-bond acceptors (Lipinski definition) is 5. The number of pyridine rings is 1. The number of oxime groups is 1. The fourth-order valence-electron chi connectivity index (χ4n) is 3.72. The average Bonchev–Trinajstić information content (AvgIpc) is 3.27. The molecule has 0 radical (unpaired) electrons. The van der Waals surface area contributed by atoms with E-state index in [1.54, 1.807) is 18.3 Å². The Morgan fingerprint density at radius 2 is 2.16 bits per heavy atom. The van der Waals surface area contributed by atoms with E-state index >= 15 is 0 Å². The van der Waals surface area contributed by atoms with E-state index in [-0.39, 0.29) is 24.8 Å². The van der Waals surface area contributed by atoms with Crippen molar-refractivity contribution in [3.63, 3.8) is 0 Å². The second-order valence-electron chi connectivity index (χ2n) is 8.05. The van der Waals surface area contributed by atoms with Crippen molar-refractivity contribution in [1.29, 1.82) is 0 Å². The first-order chi connectivity index (χ1) is 15.1. The molecule has 162 valence electrons. The highest BCUT2D eigenvalue weighted by atomic mass is 19.1. The molecule has 7 nitrogen and oxygen atoms in total. The van der Waals surface area contributed by atoms with Crippen LogP contribution in [0.3, 0.4) is 0 Å². The summed E-state index contributed by atoms with van der Waals surface area (Å²) in [7, 11) is 0. The van der Waals surface area contributed by atoms with E-state index in [1.165, 1.54) is 16.9 Å². The van der Waals surface area contributed by atoms with Crippen LogP contribution < -0.4 is 4.90 Å². The predicted molar refractivity (Wildman–Crippen MR) is 118 cm³/mol. The number of aryl methyl sites for hydroxylation is 1. The molecule has 1 aliphatic heterocycles. The van der Waals surface area contributed by atoms with Gasteiger partial charge in [0.1, 0.15) is 24.9 Å². The summed E-state index contributed by atoms with van der Waals surface area (Å²) < 4.78 is 12.3. The van der Waals surface area contributed by atoms with Gasteiger partial charge in [-0.05, 0) is 48.6 Å². The number of alkyl halides is 1. The minimum absolute atomic E-state index is 0.125. The number of amides is 1. The molecule has 8 heteroatoms. The summed E-state index contributed by atoms with van der Waals surface area (Å²) in [6.45, 7) is 3.82. The van der Waals surface area contributed by atoms with Crippen LogP contribution in [-0.2, 0) is 22.6 Å². The van der Waals surface area contributed by atoms with E-state index in [2.05, 4.69) is 46.1 Å². The zero-order valence-corrected chi connectivity index (χ0v) is 17.8. The molecule has 0 bridgehead atoms. The summed E-state index contributed by atoms with van der Waals surface area (Å²) in [5, 5.41) is 3.84. The summed E-state index contributed by atoms with van der Waals surface area (Å²) in [4.78, 5) is 31.7. The number of imidazole rings is 1. The largest absolute Gasteiger partial charge is 0.392 e. The van der Waals surface area contributed by atoms with Crippen LogP contribution in [0, 0.1) is 5.92 Å².